The lowest BCUT2D eigenvalue weighted by Gasteiger charge is -2.13. The molecule has 0 radical (unpaired) electrons. The maximum Gasteiger partial charge on any atom is 0.453 e. The Bertz CT molecular complexity index is 1000. The van der Waals surface area contributed by atoms with Crippen LogP contribution in [0.5, 0.6) is 11.5 Å². The Hall–Kier alpha value is -3.04. The smallest absolute Gasteiger partial charge is 0.453 e. The van der Waals surface area contributed by atoms with Crippen LogP contribution in [0.25, 0.3) is 5.65 Å². The molecule has 7 nitrogen and oxygen atoms in total. The average molecular weight is 365 g/mol. The zero-order chi connectivity index (χ0) is 18.5. The van der Waals surface area contributed by atoms with E-state index in [0.717, 1.165) is 10.1 Å². The number of halogens is 3. The van der Waals surface area contributed by atoms with Gasteiger partial charge in [0, 0.05) is 12.1 Å². The highest BCUT2D eigenvalue weighted by atomic mass is 19.4. The molecule has 26 heavy (non-hydrogen) atoms. The van der Waals surface area contributed by atoms with E-state index in [0.29, 0.717) is 35.0 Å². The predicted molar refractivity (Wildman–Crippen MR) is 85.1 cm³/mol. The molecule has 10 heteroatoms. The monoisotopic (exact) mass is 365 g/mol. The zero-order valence-corrected chi connectivity index (χ0v) is 13.9. The van der Waals surface area contributed by atoms with Crippen LogP contribution in [0.3, 0.4) is 0 Å². The van der Waals surface area contributed by atoms with Crippen molar-refractivity contribution < 1.29 is 22.6 Å². The summed E-state index contributed by atoms with van der Waals surface area (Å²) in [6.07, 6.45) is -4.64. The largest absolute Gasteiger partial charge is 0.454 e. The molecular formula is C16H14F3N5O2. The molecule has 1 N–H and O–H groups in total. The van der Waals surface area contributed by atoms with Gasteiger partial charge in [-0.1, -0.05) is 6.07 Å². The number of hydrogen-bond donors (Lipinski definition) is 1. The predicted octanol–water partition coefficient (Wildman–Crippen LogP) is 3.10. The van der Waals surface area contributed by atoms with Crippen LogP contribution in [0.2, 0.25) is 0 Å². The van der Waals surface area contributed by atoms with E-state index < -0.39 is 12.0 Å². The number of rotatable bonds is 3. The third kappa shape index (κ3) is 2.67. The standard InChI is InChI=1S/C16H14F3N5O2/c1-8-9(2)14-21-22-15(16(17,18)19)24(14)23-13(8)20-6-10-3-4-11-12(5-10)26-7-25-11/h3-5H,6-7H2,1-2H3,(H,20,23). The summed E-state index contributed by atoms with van der Waals surface area (Å²) >= 11 is 0. The third-order valence-corrected chi connectivity index (χ3v) is 4.24. The van der Waals surface area contributed by atoms with Crippen molar-refractivity contribution in [1.29, 1.82) is 0 Å². The first-order chi connectivity index (χ1) is 12.3. The average Bonchev–Trinajstić information content (AvgIpc) is 3.22. The van der Waals surface area contributed by atoms with Gasteiger partial charge in [0.05, 0.1) is 0 Å². The summed E-state index contributed by atoms with van der Waals surface area (Å²) in [7, 11) is 0. The molecule has 0 aliphatic carbocycles. The maximum absolute atomic E-state index is 13.1. The Morgan fingerprint density at radius 1 is 1.12 bits per heavy atom. The highest BCUT2D eigenvalue weighted by molar-refractivity contribution is 5.58. The van der Waals surface area contributed by atoms with Crippen molar-refractivity contribution in [2.24, 2.45) is 0 Å². The number of nitrogens with one attached hydrogen (secondary N) is 1. The van der Waals surface area contributed by atoms with Gasteiger partial charge in [0.25, 0.3) is 5.82 Å². The molecule has 1 aromatic carbocycles. The number of fused-ring (bicyclic) bond motifs is 2. The van der Waals surface area contributed by atoms with Crippen molar-refractivity contribution in [1.82, 2.24) is 19.8 Å². The normalized spacial score (nSPS) is 13.4. The lowest BCUT2D eigenvalue weighted by molar-refractivity contribution is -0.146. The summed E-state index contributed by atoms with van der Waals surface area (Å²) in [5.74, 6) is 0.484. The van der Waals surface area contributed by atoms with Crippen molar-refractivity contribution in [2.75, 3.05) is 12.1 Å². The van der Waals surface area contributed by atoms with Crippen molar-refractivity contribution >= 4 is 11.5 Å². The number of hydrogen-bond acceptors (Lipinski definition) is 6. The minimum atomic E-state index is -4.64. The van der Waals surface area contributed by atoms with Gasteiger partial charge in [0.15, 0.2) is 23.0 Å². The van der Waals surface area contributed by atoms with Crippen LogP contribution in [-0.2, 0) is 12.7 Å². The van der Waals surface area contributed by atoms with E-state index in [9.17, 15) is 13.2 Å². The summed E-state index contributed by atoms with van der Waals surface area (Å²) in [6.45, 7) is 3.99. The SMILES string of the molecule is Cc1c(NCc2ccc3c(c2)OCO3)nn2c(C(F)(F)F)nnc2c1C. The lowest BCUT2D eigenvalue weighted by atomic mass is 10.1. The molecule has 3 heterocycles. The van der Waals surface area contributed by atoms with E-state index in [1.165, 1.54) is 0 Å². The van der Waals surface area contributed by atoms with Crippen LogP contribution in [0.15, 0.2) is 18.2 Å². The first-order valence-electron chi connectivity index (χ1n) is 7.77. The Morgan fingerprint density at radius 3 is 2.65 bits per heavy atom. The minimum absolute atomic E-state index is 0.0865. The van der Waals surface area contributed by atoms with Gasteiger partial charge in [0.2, 0.25) is 6.79 Å². The van der Waals surface area contributed by atoms with Gasteiger partial charge >= 0.3 is 6.18 Å². The van der Waals surface area contributed by atoms with Crippen LogP contribution >= 0.6 is 0 Å². The van der Waals surface area contributed by atoms with Gasteiger partial charge < -0.3 is 14.8 Å². The number of alkyl halides is 3. The van der Waals surface area contributed by atoms with Gasteiger partial charge in [-0.25, -0.2) is 0 Å². The molecule has 1 aliphatic rings. The first-order valence-corrected chi connectivity index (χ1v) is 7.77. The topological polar surface area (TPSA) is 73.6 Å². The quantitative estimate of drug-likeness (QED) is 0.769. The van der Waals surface area contributed by atoms with Gasteiger partial charge in [0.1, 0.15) is 0 Å². The molecule has 0 unspecified atom stereocenters. The van der Waals surface area contributed by atoms with E-state index in [-0.39, 0.29) is 12.4 Å². The first kappa shape index (κ1) is 16.4. The third-order valence-electron chi connectivity index (χ3n) is 4.24. The van der Waals surface area contributed by atoms with Crippen LogP contribution < -0.4 is 14.8 Å². The second-order valence-electron chi connectivity index (χ2n) is 5.90. The van der Waals surface area contributed by atoms with E-state index in [4.69, 9.17) is 9.47 Å². The van der Waals surface area contributed by atoms with Crippen molar-refractivity contribution in [3.05, 3.63) is 40.7 Å². The molecule has 0 amide bonds. The van der Waals surface area contributed by atoms with Crippen LogP contribution in [0.4, 0.5) is 19.0 Å². The van der Waals surface area contributed by atoms with E-state index in [1.807, 2.05) is 12.1 Å². The lowest BCUT2D eigenvalue weighted by Crippen LogP contribution is -2.15. The Kier molecular flexibility index (Phi) is 3.63. The van der Waals surface area contributed by atoms with Crippen LogP contribution in [0, 0.1) is 13.8 Å². The molecule has 3 aromatic rings. The highest BCUT2D eigenvalue weighted by Gasteiger charge is 2.38. The highest BCUT2D eigenvalue weighted by Crippen LogP contribution is 2.33. The van der Waals surface area contributed by atoms with E-state index in [1.54, 1.807) is 19.9 Å². The number of benzene rings is 1. The molecule has 4 rings (SSSR count). The Morgan fingerprint density at radius 2 is 1.88 bits per heavy atom. The Balaban J connectivity index is 1.66. The summed E-state index contributed by atoms with van der Waals surface area (Å²) in [4.78, 5) is 0. The molecule has 0 spiro atoms. The number of nitrogens with zero attached hydrogens (tertiary/aromatic N) is 4. The minimum Gasteiger partial charge on any atom is -0.454 e. The zero-order valence-electron chi connectivity index (χ0n) is 13.9. The van der Waals surface area contributed by atoms with Crippen LogP contribution in [-0.4, -0.2) is 26.6 Å². The second kappa shape index (κ2) is 5.75. The van der Waals surface area contributed by atoms with Gasteiger partial charge in [-0.3, -0.25) is 0 Å². The maximum atomic E-state index is 13.1. The molecule has 1 aliphatic heterocycles. The molecule has 0 bridgehead atoms. The summed E-state index contributed by atoms with van der Waals surface area (Å²) in [5, 5.41) is 14.0. The summed E-state index contributed by atoms with van der Waals surface area (Å²) in [5.41, 5.74) is 2.26. The van der Waals surface area contributed by atoms with Crippen molar-refractivity contribution in [3.8, 4) is 11.5 Å². The fourth-order valence-electron chi connectivity index (χ4n) is 2.71. The summed E-state index contributed by atoms with van der Waals surface area (Å²) < 4.78 is 50.6. The van der Waals surface area contributed by atoms with Gasteiger partial charge in [-0.15, -0.1) is 15.3 Å². The van der Waals surface area contributed by atoms with Gasteiger partial charge in [-0.05, 0) is 37.1 Å². The fraction of sp³-hybridized carbons (Fsp3) is 0.312. The molecule has 0 saturated carbocycles. The molecule has 2 aromatic heterocycles. The van der Waals surface area contributed by atoms with Crippen LogP contribution in [0.1, 0.15) is 22.5 Å². The summed E-state index contributed by atoms with van der Waals surface area (Å²) in [6, 6.07) is 5.45. The molecule has 0 atom stereocenters. The number of ether oxygens (including phenoxy) is 2. The van der Waals surface area contributed by atoms with Crippen molar-refractivity contribution in [3.63, 3.8) is 0 Å². The van der Waals surface area contributed by atoms with E-state index >= 15 is 0 Å². The molecule has 0 fully saturated rings. The number of anilines is 1. The number of aromatic nitrogens is 4. The van der Waals surface area contributed by atoms with Crippen molar-refractivity contribution in [2.45, 2.75) is 26.6 Å². The molecular weight excluding hydrogens is 351 g/mol. The molecule has 136 valence electrons. The number of aryl methyl sites for hydroxylation is 1. The van der Waals surface area contributed by atoms with Gasteiger partial charge in [-0.2, -0.15) is 17.7 Å². The second-order valence-corrected chi connectivity index (χ2v) is 5.90. The Labute approximate surface area is 145 Å². The molecule has 0 saturated heterocycles. The van der Waals surface area contributed by atoms with E-state index in [2.05, 4.69) is 20.6 Å². The fourth-order valence-corrected chi connectivity index (χ4v) is 2.71.